The molecule has 0 fully saturated rings. The van der Waals surface area contributed by atoms with Gasteiger partial charge in [0.15, 0.2) is 0 Å². The van der Waals surface area contributed by atoms with E-state index in [2.05, 4.69) is 32.9 Å². The Balaban J connectivity index is 2.52. The van der Waals surface area contributed by atoms with Crippen molar-refractivity contribution < 1.29 is 4.74 Å². The van der Waals surface area contributed by atoms with Crippen molar-refractivity contribution >= 4 is 0 Å². The van der Waals surface area contributed by atoms with Gasteiger partial charge < -0.3 is 10.5 Å². The lowest BCUT2D eigenvalue weighted by Crippen LogP contribution is -2.18. The smallest absolute Gasteiger partial charge is 0.119 e. The summed E-state index contributed by atoms with van der Waals surface area (Å²) in [4.78, 5) is 0. The predicted molar refractivity (Wildman–Crippen MR) is 68.9 cm³/mol. The first-order valence-corrected chi connectivity index (χ1v) is 5.88. The molecule has 1 unspecified atom stereocenters. The van der Waals surface area contributed by atoms with Crippen molar-refractivity contribution in [3.8, 4) is 5.75 Å². The van der Waals surface area contributed by atoms with Gasteiger partial charge in [0, 0.05) is 6.04 Å². The fourth-order valence-electron chi connectivity index (χ4n) is 1.41. The number of hydrogen-bond donors (Lipinski definition) is 1. The SMILES string of the molecule is CC(N)CCOc1ccc(C(C)(C)C)cc1. The zero-order valence-electron chi connectivity index (χ0n) is 10.8. The van der Waals surface area contributed by atoms with Crippen LogP contribution in [0.4, 0.5) is 0 Å². The van der Waals surface area contributed by atoms with Gasteiger partial charge in [-0.25, -0.2) is 0 Å². The minimum Gasteiger partial charge on any atom is -0.494 e. The molecule has 0 aromatic heterocycles. The van der Waals surface area contributed by atoms with E-state index in [-0.39, 0.29) is 11.5 Å². The molecule has 0 saturated heterocycles. The van der Waals surface area contributed by atoms with Gasteiger partial charge in [-0.05, 0) is 36.5 Å². The van der Waals surface area contributed by atoms with Gasteiger partial charge in [-0.1, -0.05) is 32.9 Å². The van der Waals surface area contributed by atoms with Crippen molar-refractivity contribution in [2.45, 2.75) is 45.6 Å². The molecule has 0 heterocycles. The van der Waals surface area contributed by atoms with E-state index in [0.29, 0.717) is 6.61 Å². The third-order valence-electron chi connectivity index (χ3n) is 2.56. The van der Waals surface area contributed by atoms with Crippen molar-refractivity contribution in [1.29, 1.82) is 0 Å². The minimum atomic E-state index is 0.199. The van der Waals surface area contributed by atoms with E-state index in [1.54, 1.807) is 0 Å². The second-order valence-electron chi connectivity index (χ2n) is 5.39. The molecule has 0 spiro atoms. The van der Waals surface area contributed by atoms with Crippen LogP contribution in [-0.2, 0) is 5.41 Å². The van der Waals surface area contributed by atoms with Crippen LogP contribution in [0.15, 0.2) is 24.3 Å². The highest BCUT2D eigenvalue weighted by Gasteiger charge is 2.12. The molecule has 2 N–H and O–H groups in total. The molecule has 2 nitrogen and oxygen atoms in total. The van der Waals surface area contributed by atoms with Crippen LogP contribution in [0.25, 0.3) is 0 Å². The van der Waals surface area contributed by atoms with Gasteiger partial charge in [-0.3, -0.25) is 0 Å². The molecule has 90 valence electrons. The van der Waals surface area contributed by atoms with Crippen LogP contribution in [0.2, 0.25) is 0 Å². The molecule has 1 atom stereocenters. The predicted octanol–water partition coefficient (Wildman–Crippen LogP) is 3.10. The van der Waals surface area contributed by atoms with Gasteiger partial charge in [0.05, 0.1) is 6.61 Å². The van der Waals surface area contributed by atoms with Gasteiger partial charge in [-0.2, -0.15) is 0 Å². The summed E-state index contributed by atoms with van der Waals surface area (Å²) < 4.78 is 5.60. The second kappa shape index (κ2) is 5.35. The first-order valence-electron chi connectivity index (χ1n) is 5.88. The highest BCUT2D eigenvalue weighted by Crippen LogP contribution is 2.24. The standard InChI is InChI=1S/C14H23NO/c1-11(15)9-10-16-13-7-5-12(6-8-13)14(2,3)4/h5-8,11H,9-10,15H2,1-4H3. The Hall–Kier alpha value is -1.02. The number of rotatable bonds is 4. The maximum absolute atomic E-state index is 5.66. The average Bonchev–Trinajstić information content (AvgIpc) is 2.16. The topological polar surface area (TPSA) is 35.2 Å². The molecule has 1 aromatic rings. The average molecular weight is 221 g/mol. The van der Waals surface area contributed by atoms with Crippen LogP contribution in [0.1, 0.15) is 39.7 Å². The van der Waals surface area contributed by atoms with Crippen molar-refractivity contribution in [3.05, 3.63) is 29.8 Å². The number of benzene rings is 1. The van der Waals surface area contributed by atoms with Crippen molar-refractivity contribution in [1.82, 2.24) is 0 Å². The lowest BCUT2D eigenvalue weighted by atomic mass is 9.87. The van der Waals surface area contributed by atoms with Gasteiger partial charge in [0.1, 0.15) is 5.75 Å². The highest BCUT2D eigenvalue weighted by molar-refractivity contribution is 5.31. The molecule has 16 heavy (non-hydrogen) atoms. The van der Waals surface area contributed by atoms with E-state index < -0.39 is 0 Å². The Morgan fingerprint density at radius 1 is 1.19 bits per heavy atom. The Morgan fingerprint density at radius 3 is 2.19 bits per heavy atom. The highest BCUT2D eigenvalue weighted by atomic mass is 16.5. The van der Waals surface area contributed by atoms with E-state index in [4.69, 9.17) is 10.5 Å². The third kappa shape index (κ3) is 4.23. The molecule has 0 saturated carbocycles. The van der Waals surface area contributed by atoms with Crippen LogP contribution >= 0.6 is 0 Å². The summed E-state index contributed by atoms with van der Waals surface area (Å²) in [5.41, 5.74) is 7.18. The molecule has 0 radical (unpaired) electrons. The van der Waals surface area contributed by atoms with Crippen molar-refractivity contribution in [2.24, 2.45) is 5.73 Å². The van der Waals surface area contributed by atoms with E-state index in [1.165, 1.54) is 5.56 Å². The summed E-state index contributed by atoms with van der Waals surface area (Å²) >= 11 is 0. The number of nitrogens with two attached hydrogens (primary N) is 1. The Bertz CT molecular complexity index is 309. The maximum Gasteiger partial charge on any atom is 0.119 e. The van der Waals surface area contributed by atoms with Crippen LogP contribution in [0.3, 0.4) is 0 Å². The fraction of sp³-hybridized carbons (Fsp3) is 0.571. The lowest BCUT2D eigenvalue weighted by Gasteiger charge is -2.19. The normalized spacial score (nSPS) is 13.6. The summed E-state index contributed by atoms with van der Waals surface area (Å²) in [5.74, 6) is 0.925. The molecule has 2 heteroatoms. The minimum absolute atomic E-state index is 0.199. The molecular formula is C14H23NO. The summed E-state index contributed by atoms with van der Waals surface area (Å²) in [6, 6.07) is 8.51. The monoisotopic (exact) mass is 221 g/mol. The summed E-state index contributed by atoms with van der Waals surface area (Å²) in [7, 11) is 0. The molecule has 0 aliphatic rings. The number of hydrogen-bond acceptors (Lipinski definition) is 2. The van der Waals surface area contributed by atoms with Crippen molar-refractivity contribution in [3.63, 3.8) is 0 Å². The van der Waals surface area contributed by atoms with Gasteiger partial charge in [-0.15, -0.1) is 0 Å². The molecule has 1 aromatic carbocycles. The van der Waals surface area contributed by atoms with Crippen molar-refractivity contribution in [2.75, 3.05) is 6.61 Å². The summed E-state index contributed by atoms with van der Waals surface area (Å²) in [6.07, 6.45) is 0.890. The molecule has 0 aliphatic carbocycles. The van der Waals surface area contributed by atoms with E-state index in [1.807, 2.05) is 19.1 Å². The zero-order chi connectivity index (χ0) is 12.2. The Morgan fingerprint density at radius 2 is 1.75 bits per heavy atom. The van der Waals surface area contributed by atoms with Gasteiger partial charge in [0.2, 0.25) is 0 Å². The van der Waals surface area contributed by atoms with Crippen LogP contribution in [0.5, 0.6) is 5.75 Å². The maximum atomic E-state index is 5.66. The first kappa shape index (κ1) is 13.0. The Labute approximate surface area is 98.8 Å². The van der Waals surface area contributed by atoms with E-state index >= 15 is 0 Å². The first-order chi connectivity index (χ1) is 7.39. The van der Waals surface area contributed by atoms with E-state index in [9.17, 15) is 0 Å². The van der Waals surface area contributed by atoms with Gasteiger partial charge in [0.25, 0.3) is 0 Å². The Kier molecular flexibility index (Phi) is 4.36. The fourth-order valence-corrected chi connectivity index (χ4v) is 1.41. The quantitative estimate of drug-likeness (QED) is 0.848. The van der Waals surface area contributed by atoms with Crippen LogP contribution in [-0.4, -0.2) is 12.6 Å². The second-order valence-corrected chi connectivity index (χ2v) is 5.39. The molecule has 0 bridgehead atoms. The largest absolute Gasteiger partial charge is 0.494 e. The van der Waals surface area contributed by atoms with Crippen LogP contribution < -0.4 is 10.5 Å². The van der Waals surface area contributed by atoms with Gasteiger partial charge >= 0.3 is 0 Å². The van der Waals surface area contributed by atoms with E-state index in [0.717, 1.165) is 12.2 Å². The summed E-state index contributed by atoms with van der Waals surface area (Å²) in [5, 5.41) is 0. The van der Waals surface area contributed by atoms with Crippen LogP contribution in [0, 0.1) is 0 Å². The lowest BCUT2D eigenvalue weighted by molar-refractivity contribution is 0.301. The zero-order valence-corrected chi connectivity index (χ0v) is 10.8. The third-order valence-corrected chi connectivity index (χ3v) is 2.56. The number of ether oxygens (including phenoxy) is 1. The molecular weight excluding hydrogens is 198 g/mol. The molecule has 0 aliphatic heterocycles. The molecule has 1 rings (SSSR count). The summed E-state index contributed by atoms with van der Waals surface area (Å²) in [6.45, 7) is 9.30. The molecule has 0 amide bonds.